The van der Waals surface area contributed by atoms with Crippen molar-refractivity contribution in [3.63, 3.8) is 0 Å². The third-order valence-corrected chi connectivity index (χ3v) is 5.05. The zero-order chi connectivity index (χ0) is 13.3. The van der Waals surface area contributed by atoms with Gasteiger partial charge >= 0.3 is 0 Å². The van der Waals surface area contributed by atoms with Gasteiger partial charge in [-0.1, -0.05) is 6.92 Å². The summed E-state index contributed by atoms with van der Waals surface area (Å²) < 4.78 is 44.7. The lowest BCUT2D eigenvalue weighted by Crippen LogP contribution is -2.33. The van der Waals surface area contributed by atoms with Crippen molar-refractivity contribution >= 4 is 10.0 Å². The van der Waals surface area contributed by atoms with E-state index in [4.69, 9.17) is 4.74 Å². The van der Waals surface area contributed by atoms with Gasteiger partial charge in [-0.05, 0) is 25.0 Å². The molecule has 0 unspecified atom stereocenters. The zero-order valence-corrected chi connectivity index (χ0v) is 11.2. The summed E-state index contributed by atoms with van der Waals surface area (Å²) in [5.41, 5.74) is 0. The van der Waals surface area contributed by atoms with Crippen molar-refractivity contribution in [2.45, 2.75) is 30.7 Å². The van der Waals surface area contributed by atoms with Crippen molar-refractivity contribution in [2.24, 2.45) is 0 Å². The van der Waals surface area contributed by atoms with Gasteiger partial charge in [-0.3, -0.25) is 0 Å². The Labute approximate surface area is 106 Å². The number of rotatable bonds is 5. The van der Waals surface area contributed by atoms with Crippen LogP contribution in [0.4, 0.5) is 4.39 Å². The van der Waals surface area contributed by atoms with Gasteiger partial charge in [0.2, 0.25) is 10.0 Å². The second kappa shape index (κ2) is 4.85. The first-order chi connectivity index (χ1) is 8.50. The molecule has 18 heavy (non-hydrogen) atoms. The van der Waals surface area contributed by atoms with E-state index in [0.29, 0.717) is 12.3 Å². The summed E-state index contributed by atoms with van der Waals surface area (Å²) in [4.78, 5) is -0.281. The number of benzene rings is 1. The van der Waals surface area contributed by atoms with E-state index < -0.39 is 15.8 Å². The van der Waals surface area contributed by atoms with Gasteiger partial charge in [0.1, 0.15) is 16.5 Å². The normalized spacial score (nSPS) is 16.0. The number of hydrogen-bond donors (Lipinski definition) is 0. The molecule has 0 N–H and O–H groups in total. The van der Waals surface area contributed by atoms with E-state index in [1.54, 1.807) is 6.92 Å². The predicted octanol–water partition coefficient (Wildman–Crippen LogP) is 2.01. The highest BCUT2D eigenvalue weighted by atomic mass is 32.2. The fourth-order valence-corrected chi connectivity index (χ4v) is 3.67. The van der Waals surface area contributed by atoms with Crippen LogP contribution in [0.1, 0.15) is 19.8 Å². The molecule has 2 rings (SSSR count). The van der Waals surface area contributed by atoms with Gasteiger partial charge in [0, 0.05) is 18.7 Å². The highest BCUT2D eigenvalue weighted by molar-refractivity contribution is 7.89. The van der Waals surface area contributed by atoms with Crippen molar-refractivity contribution < 1.29 is 17.5 Å². The van der Waals surface area contributed by atoms with Gasteiger partial charge in [-0.2, -0.15) is 4.31 Å². The Morgan fingerprint density at radius 2 is 2.11 bits per heavy atom. The molecule has 1 aliphatic rings. The van der Waals surface area contributed by atoms with E-state index in [0.717, 1.165) is 18.9 Å². The minimum atomic E-state index is -3.74. The van der Waals surface area contributed by atoms with Crippen LogP contribution < -0.4 is 4.74 Å². The second-order valence-electron chi connectivity index (χ2n) is 4.24. The number of halogens is 1. The molecule has 0 heterocycles. The largest absolute Gasteiger partial charge is 0.497 e. The fraction of sp³-hybridized carbons (Fsp3) is 0.500. The monoisotopic (exact) mass is 273 g/mol. The fourth-order valence-electron chi connectivity index (χ4n) is 1.93. The van der Waals surface area contributed by atoms with Crippen LogP contribution in [-0.4, -0.2) is 32.4 Å². The second-order valence-corrected chi connectivity index (χ2v) is 6.09. The first-order valence-corrected chi connectivity index (χ1v) is 7.30. The van der Waals surface area contributed by atoms with Crippen molar-refractivity contribution in [1.82, 2.24) is 4.31 Å². The van der Waals surface area contributed by atoms with E-state index in [-0.39, 0.29) is 10.9 Å². The molecule has 0 radical (unpaired) electrons. The Morgan fingerprint density at radius 3 is 2.56 bits per heavy atom. The van der Waals surface area contributed by atoms with Crippen LogP contribution in [0.5, 0.6) is 5.75 Å². The van der Waals surface area contributed by atoms with Crippen LogP contribution in [0.2, 0.25) is 0 Å². The molecule has 0 aliphatic heterocycles. The molecule has 0 atom stereocenters. The lowest BCUT2D eigenvalue weighted by molar-refractivity contribution is 0.405. The molecule has 0 aromatic heterocycles. The summed E-state index contributed by atoms with van der Waals surface area (Å²) in [6, 6.07) is 3.83. The van der Waals surface area contributed by atoms with Crippen molar-refractivity contribution in [3.8, 4) is 5.75 Å². The summed E-state index contributed by atoms with van der Waals surface area (Å²) in [5.74, 6) is -0.464. The van der Waals surface area contributed by atoms with E-state index in [1.165, 1.54) is 23.5 Å². The molecular formula is C12H16FNO3S. The Bertz CT molecular complexity index is 540. The molecule has 1 aliphatic carbocycles. The van der Waals surface area contributed by atoms with Crippen molar-refractivity contribution in [1.29, 1.82) is 0 Å². The molecule has 0 spiro atoms. The Hall–Kier alpha value is -1.14. The Balaban J connectivity index is 2.40. The lowest BCUT2D eigenvalue weighted by atomic mass is 10.3. The molecule has 0 bridgehead atoms. The van der Waals surface area contributed by atoms with Gasteiger partial charge in [0.05, 0.1) is 7.11 Å². The third kappa shape index (κ3) is 2.35. The summed E-state index contributed by atoms with van der Waals surface area (Å²) >= 11 is 0. The SMILES string of the molecule is CCN(C1CC1)S(=O)(=O)c1ccc(OC)cc1F. The molecule has 1 saturated carbocycles. The average molecular weight is 273 g/mol. The van der Waals surface area contributed by atoms with Gasteiger partial charge in [-0.15, -0.1) is 0 Å². The van der Waals surface area contributed by atoms with Crippen LogP contribution in [-0.2, 0) is 10.0 Å². The first-order valence-electron chi connectivity index (χ1n) is 5.86. The Morgan fingerprint density at radius 1 is 1.44 bits per heavy atom. The highest BCUT2D eigenvalue weighted by Crippen LogP contribution is 2.33. The Kier molecular flexibility index (Phi) is 3.59. The topological polar surface area (TPSA) is 46.6 Å². The number of ether oxygens (including phenoxy) is 1. The standard InChI is InChI=1S/C12H16FNO3S/c1-3-14(9-4-5-9)18(15,16)12-7-6-10(17-2)8-11(12)13/h6-9H,3-5H2,1-2H3. The maximum atomic E-state index is 13.8. The molecule has 0 amide bonds. The van der Waals surface area contributed by atoms with Gasteiger partial charge < -0.3 is 4.74 Å². The minimum Gasteiger partial charge on any atom is -0.497 e. The molecular weight excluding hydrogens is 257 g/mol. The first kappa shape index (κ1) is 13.3. The summed E-state index contributed by atoms with van der Waals surface area (Å²) in [7, 11) is -2.33. The summed E-state index contributed by atoms with van der Waals surface area (Å²) in [6.45, 7) is 2.12. The average Bonchev–Trinajstić information content (AvgIpc) is 3.13. The molecule has 1 fully saturated rings. The summed E-state index contributed by atoms with van der Waals surface area (Å²) in [5, 5.41) is 0. The van der Waals surface area contributed by atoms with Crippen LogP contribution in [0.3, 0.4) is 0 Å². The number of nitrogens with zero attached hydrogens (tertiary/aromatic N) is 1. The predicted molar refractivity (Wildman–Crippen MR) is 65.5 cm³/mol. The molecule has 0 saturated heterocycles. The smallest absolute Gasteiger partial charge is 0.246 e. The van der Waals surface area contributed by atoms with Crippen LogP contribution >= 0.6 is 0 Å². The number of hydrogen-bond acceptors (Lipinski definition) is 3. The van der Waals surface area contributed by atoms with Crippen LogP contribution in [0, 0.1) is 5.82 Å². The maximum Gasteiger partial charge on any atom is 0.246 e. The van der Waals surface area contributed by atoms with Crippen LogP contribution in [0.15, 0.2) is 23.1 Å². The number of sulfonamides is 1. The molecule has 1 aromatic rings. The van der Waals surface area contributed by atoms with Crippen molar-refractivity contribution in [2.75, 3.05) is 13.7 Å². The van der Waals surface area contributed by atoms with E-state index >= 15 is 0 Å². The van der Waals surface area contributed by atoms with E-state index in [1.807, 2.05) is 0 Å². The quantitative estimate of drug-likeness (QED) is 0.824. The van der Waals surface area contributed by atoms with Gasteiger partial charge in [0.25, 0.3) is 0 Å². The third-order valence-electron chi connectivity index (χ3n) is 2.99. The molecule has 100 valence electrons. The minimum absolute atomic E-state index is 0.0292. The van der Waals surface area contributed by atoms with Crippen molar-refractivity contribution in [3.05, 3.63) is 24.0 Å². The molecule has 6 heteroatoms. The zero-order valence-electron chi connectivity index (χ0n) is 10.4. The summed E-state index contributed by atoms with van der Waals surface area (Å²) in [6.07, 6.45) is 1.70. The van der Waals surface area contributed by atoms with E-state index in [2.05, 4.69) is 0 Å². The highest BCUT2D eigenvalue weighted by Gasteiger charge is 2.38. The van der Waals surface area contributed by atoms with Crippen LogP contribution in [0.25, 0.3) is 0 Å². The van der Waals surface area contributed by atoms with Gasteiger partial charge in [0.15, 0.2) is 0 Å². The van der Waals surface area contributed by atoms with Gasteiger partial charge in [-0.25, -0.2) is 12.8 Å². The number of methoxy groups -OCH3 is 1. The maximum absolute atomic E-state index is 13.8. The molecule has 1 aromatic carbocycles. The molecule has 4 nitrogen and oxygen atoms in total. The lowest BCUT2D eigenvalue weighted by Gasteiger charge is -2.20. The van der Waals surface area contributed by atoms with E-state index in [9.17, 15) is 12.8 Å².